The Morgan fingerprint density at radius 1 is 1.24 bits per heavy atom. The van der Waals surface area contributed by atoms with Crippen LogP contribution in [0, 0.1) is 0 Å². The van der Waals surface area contributed by atoms with E-state index in [1.165, 1.54) is 0 Å². The second-order valence-corrected chi connectivity index (χ2v) is 5.88. The van der Waals surface area contributed by atoms with Gasteiger partial charge in [-0.2, -0.15) is 8.42 Å². The molecule has 0 rings (SSSR count). The van der Waals surface area contributed by atoms with Crippen LogP contribution in [0.15, 0.2) is 0 Å². The zero-order valence-corrected chi connectivity index (χ0v) is 11.7. The number of ether oxygens (including phenoxy) is 1. The number of aliphatic hydroxyl groups is 6. The molecule has 0 saturated heterocycles. The van der Waals surface area contributed by atoms with E-state index in [-0.39, 0.29) is 0 Å². The number of esters is 1. The highest BCUT2D eigenvalue weighted by molar-refractivity contribution is 7.87. The average molecular weight is 334 g/mol. The lowest BCUT2D eigenvalue weighted by Gasteiger charge is -2.32. The van der Waals surface area contributed by atoms with Gasteiger partial charge in [-0.15, -0.1) is 0 Å². The van der Waals surface area contributed by atoms with Crippen LogP contribution < -0.4 is 0 Å². The molecule has 0 aromatic heterocycles. The Labute approximate surface area is 119 Å². The van der Waals surface area contributed by atoms with E-state index in [1.54, 1.807) is 0 Å². The van der Waals surface area contributed by atoms with Crippen molar-refractivity contribution < 1.29 is 53.1 Å². The van der Waals surface area contributed by atoms with Gasteiger partial charge < -0.3 is 35.4 Å². The first-order valence-corrected chi connectivity index (χ1v) is 7.03. The van der Waals surface area contributed by atoms with E-state index in [1.807, 2.05) is 0 Å². The van der Waals surface area contributed by atoms with Gasteiger partial charge in [0.25, 0.3) is 0 Å². The summed E-state index contributed by atoms with van der Waals surface area (Å²) in [5.74, 6) is -2.08. The third-order valence-electron chi connectivity index (χ3n) is 2.45. The number of aliphatic hydroxyl groups excluding tert-OH is 5. The van der Waals surface area contributed by atoms with E-state index in [9.17, 15) is 28.5 Å². The van der Waals surface area contributed by atoms with E-state index < -0.39 is 58.7 Å². The smallest absolute Gasteiger partial charge is 0.360 e. The second-order valence-electron chi connectivity index (χ2n) is 4.30. The van der Waals surface area contributed by atoms with Crippen molar-refractivity contribution in [2.75, 3.05) is 13.2 Å². The van der Waals surface area contributed by atoms with Gasteiger partial charge in [-0.1, -0.05) is 0 Å². The Hall–Kier alpha value is -0.860. The quantitative estimate of drug-likeness (QED) is 0.167. The minimum atomic E-state index is -5.70. The highest BCUT2D eigenvalue weighted by Gasteiger charge is 2.59. The molecular weight excluding hydrogens is 316 g/mol. The van der Waals surface area contributed by atoms with Gasteiger partial charge in [-0.3, -0.25) is 4.55 Å². The summed E-state index contributed by atoms with van der Waals surface area (Å²) >= 11 is 0. The van der Waals surface area contributed by atoms with Gasteiger partial charge in [0, 0.05) is 0 Å². The Morgan fingerprint density at radius 2 is 1.71 bits per heavy atom. The predicted molar refractivity (Wildman–Crippen MR) is 64.2 cm³/mol. The molecule has 12 heteroatoms. The summed E-state index contributed by atoms with van der Waals surface area (Å²) < 4.78 is 35.3. The SMILES string of the molecule is CC(O)COC(=O)C(O)(C(O)C(O)C(O)CO)S(=O)(=O)O. The number of hydrogen-bond donors (Lipinski definition) is 7. The fourth-order valence-corrected chi connectivity index (χ4v) is 1.94. The normalized spacial score (nSPS) is 21.0. The summed E-state index contributed by atoms with van der Waals surface area (Å²) in [5.41, 5.74) is 0. The molecule has 0 radical (unpaired) electrons. The van der Waals surface area contributed by atoms with Crippen LogP contribution in [-0.2, 0) is 19.6 Å². The summed E-state index contributed by atoms with van der Waals surface area (Å²) in [4.78, 5) is 7.52. The molecule has 0 aliphatic rings. The zero-order valence-electron chi connectivity index (χ0n) is 10.9. The number of carbonyl (C=O) groups is 1. The van der Waals surface area contributed by atoms with Gasteiger partial charge in [0.1, 0.15) is 24.9 Å². The second kappa shape index (κ2) is 7.42. The van der Waals surface area contributed by atoms with Gasteiger partial charge in [0.05, 0.1) is 12.7 Å². The van der Waals surface area contributed by atoms with Gasteiger partial charge in [-0.05, 0) is 6.92 Å². The van der Waals surface area contributed by atoms with Crippen LogP contribution in [-0.4, -0.2) is 92.1 Å². The summed E-state index contributed by atoms with van der Waals surface area (Å²) in [6.45, 7) is -0.759. The lowest BCUT2D eigenvalue weighted by molar-refractivity contribution is -0.181. The van der Waals surface area contributed by atoms with E-state index in [0.29, 0.717) is 0 Å². The molecule has 5 atom stereocenters. The first kappa shape index (κ1) is 20.1. The predicted octanol–water partition coefficient (Wildman–Crippen LogP) is -4.44. The number of carbonyl (C=O) groups excluding carboxylic acids is 1. The molecule has 0 amide bonds. The van der Waals surface area contributed by atoms with Gasteiger partial charge in [0.15, 0.2) is 0 Å². The molecule has 7 N–H and O–H groups in total. The Balaban J connectivity index is 5.51. The third kappa shape index (κ3) is 4.55. The van der Waals surface area contributed by atoms with Crippen molar-refractivity contribution in [2.45, 2.75) is 36.3 Å². The highest BCUT2D eigenvalue weighted by Crippen LogP contribution is 2.24. The van der Waals surface area contributed by atoms with Crippen LogP contribution >= 0.6 is 0 Å². The molecule has 0 aliphatic heterocycles. The number of rotatable bonds is 8. The molecule has 0 aromatic rings. The molecule has 0 bridgehead atoms. The molecular formula is C9H18O11S. The molecule has 0 saturated carbocycles. The highest BCUT2D eigenvalue weighted by atomic mass is 32.2. The first-order valence-electron chi connectivity index (χ1n) is 5.59. The van der Waals surface area contributed by atoms with Crippen molar-refractivity contribution in [3.05, 3.63) is 0 Å². The van der Waals surface area contributed by atoms with E-state index >= 15 is 0 Å². The molecule has 0 fully saturated rings. The topological polar surface area (TPSA) is 202 Å². The van der Waals surface area contributed by atoms with Crippen molar-refractivity contribution in [2.24, 2.45) is 0 Å². The summed E-state index contributed by atoms with van der Waals surface area (Å²) in [7, 11) is -5.70. The summed E-state index contributed by atoms with van der Waals surface area (Å²) in [6.07, 6.45) is -8.79. The van der Waals surface area contributed by atoms with Gasteiger partial charge >= 0.3 is 21.0 Å². The molecule has 0 aromatic carbocycles. The maximum Gasteiger partial charge on any atom is 0.360 e. The molecule has 5 unspecified atom stereocenters. The lowest BCUT2D eigenvalue weighted by Crippen LogP contribution is -2.62. The minimum Gasteiger partial charge on any atom is -0.460 e. The van der Waals surface area contributed by atoms with Gasteiger partial charge in [0.2, 0.25) is 0 Å². The Bertz CT molecular complexity index is 447. The molecule has 21 heavy (non-hydrogen) atoms. The van der Waals surface area contributed by atoms with Crippen molar-refractivity contribution in [3.63, 3.8) is 0 Å². The van der Waals surface area contributed by atoms with Crippen molar-refractivity contribution >= 4 is 16.1 Å². The molecule has 0 aliphatic carbocycles. The van der Waals surface area contributed by atoms with Crippen LogP contribution in [0.2, 0.25) is 0 Å². The van der Waals surface area contributed by atoms with Crippen LogP contribution in [0.5, 0.6) is 0 Å². The molecule has 0 spiro atoms. The Kier molecular flexibility index (Phi) is 7.11. The monoisotopic (exact) mass is 334 g/mol. The number of hydrogen-bond acceptors (Lipinski definition) is 10. The van der Waals surface area contributed by atoms with Crippen molar-refractivity contribution in [3.8, 4) is 0 Å². The lowest BCUT2D eigenvalue weighted by atomic mass is 10.0. The van der Waals surface area contributed by atoms with Crippen LogP contribution in [0.1, 0.15) is 6.92 Å². The van der Waals surface area contributed by atoms with Crippen LogP contribution in [0.25, 0.3) is 0 Å². The average Bonchev–Trinajstić information content (AvgIpc) is 2.39. The Morgan fingerprint density at radius 3 is 2.05 bits per heavy atom. The fraction of sp³-hybridized carbons (Fsp3) is 0.889. The van der Waals surface area contributed by atoms with Crippen molar-refractivity contribution in [1.29, 1.82) is 0 Å². The summed E-state index contributed by atoms with van der Waals surface area (Å²) in [6, 6.07) is 0. The van der Waals surface area contributed by atoms with Crippen LogP contribution in [0.3, 0.4) is 0 Å². The zero-order chi connectivity index (χ0) is 17.0. The van der Waals surface area contributed by atoms with Crippen LogP contribution in [0.4, 0.5) is 0 Å². The standard InChI is InChI=1S/C9H18O11S/c1-4(11)3-20-8(15)9(16,21(17,18)19)7(14)6(13)5(12)2-10/h4-7,10-14,16H,2-3H2,1H3,(H,17,18,19). The molecule has 0 heterocycles. The van der Waals surface area contributed by atoms with E-state index in [4.69, 9.17) is 19.9 Å². The molecule has 126 valence electrons. The minimum absolute atomic E-state index is 0.776. The largest absolute Gasteiger partial charge is 0.460 e. The first-order chi connectivity index (χ1) is 9.39. The summed E-state index contributed by atoms with van der Waals surface area (Å²) in [5, 5.41) is 55.2. The third-order valence-corrected chi connectivity index (χ3v) is 3.64. The fourth-order valence-electron chi connectivity index (χ4n) is 1.23. The van der Waals surface area contributed by atoms with Crippen molar-refractivity contribution in [1.82, 2.24) is 0 Å². The maximum atomic E-state index is 11.5. The van der Waals surface area contributed by atoms with E-state index in [0.717, 1.165) is 6.92 Å². The maximum absolute atomic E-state index is 11.5. The van der Waals surface area contributed by atoms with E-state index in [2.05, 4.69) is 4.74 Å². The van der Waals surface area contributed by atoms with Gasteiger partial charge in [-0.25, -0.2) is 4.79 Å². The molecule has 11 nitrogen and oxygen atoms in total.